The second-order valence-corrected chi connectivity index (χ2v) is 6.64. The van der Waals surface area contributed by atoms with E-state index in [-0.39, 0.29) is 0 Å². The van der Waals surface area contributed by atoms with Gasteiger partial charge in [0.15, 0.2) is 0 Å². The van der Waals surface area contributed by atoms with Crippen LogP contribution in [0.4, 0.5) is 0 Å². The van der Waals surface area contributed by atoms with E-state index in [9.17, 15) is 0 Å². The predicted molar refractivity (Wildman–Crippen MR) is 92.9 cm³/mol. The van der Waals surface area contributed by atoms with Crippen LogP contribution in [0.1, 0.15) is 31.2 Å². The topological polar surface area (TPSA) is 24.9 Å². The molecule has 0 aliphatic carbocycles. The summed E-state index contributed by atoms with van der Waals surface area (Å²) in [6.45, 7) is 9.35. The Labute approximate surface area is 140 Å². The number of morpholine rings is 1. The maximum Gasteiger partial charge on any atom is 0.119 e. The quantitative estimate of drug-likeness (QED) is 0.722. The number of likely N-dealkylation sites (tertiary alicyclic amines) is 1. The van der Waals surface area contributed by atoms with Crippen molar-refractivity contribution in [3.8, 4) is 5.75 Å². The molecule has 2 fully saturated rings. The molecule has 0 saturated carbocycles. The largest absolute Gasteiger partial charge is 0.494 e. The minimum absolute atomic E-state index is 0.794. The monoisotopic (exact) mass is 318 g/mol. The standard InChI is InChI=1S/C19H30N2O2/c1-2-9-21(10-3-1)17-18-5-7-19(8-6-18)23-14-4-11-20-12-15-22-16-13-20/h5-8H,1-4,9-17H2. The fourth-order valence-electron chi connectivity index (χ4n) is 3.37. The molecular weight excluding hydrogens is 288 g/mol. The second kappa shape index (κ2) is 9.26. The van der Waals surface area contributed by atoms with Crippen LogP contribution in [0, 0.1) is 0 Å². The average molecular weight is 318 g/mol. The lowest BCUT2D eigenvalue weighted by Gasteiger charge is -2.26. The van der Waals surface area contributed by atoms with Gasteiger partial charge in [-0.2, -0.15) is 0 Å². The van der Waals surface area contributed by atoms with E-state index in [2.05, 4.69) is 34.1 Å². The van der Waals surface area contributed by atoms with Crippen molar-refractivity contribution in [1.29, 1.82) is 0 Å². The van der Waals surface area contributed by atoms with Gasteiger partial charge in [-0.3, -0.25) is 9.80 Å². The minimum atomic E-state index is 0.794. The first-order valence-electron chi connectivity index (χ1n) is 9.14. The predicted octanol–water partition coefficient (Wildman–Crippen LogP) is 2.77. The van der Waals surface area contributed by atoms with Crippen molar-refractivity contribution < 1.29 is 9.47 Å². The SMILES string of the molecule is c1cc(OCCCN2CCOCC2)ccc1CN1CCCCC1. The highest BCUT2D eigenvalue weighted by Gasteiger charge is 2.11. The lowest BCUT2D eigenvalue weighted by Crippen LogP contribution is -2.37. The fraction of sp³-hybridized carbons (Fsp3) is 0.684. The highest BCUT2D eigenvalue weighted by atomic mass is 16.5. The Balaban J connectivity index is 1.33. The molecule has 2 aliphatic heterocycles. The van der Waals surface area contributed by atoms with E-state index < -0.39 is 0 Å². The van der Waals surface area contributed by atoms with E-state index in [1.165, 1.54) is 37.9 Å². The smallest absolute Gasteiger partial charge is 0.119 e. The summed E-state index contributed by atoms with van der Waals surface area (Å²) in [5.74, 6) is 0.995. The highest BCUT2D eigenvalue weighted by Crippen LogP contribution is 2.16. The number of piperidine rings is 1. The summed E-state index contributed by atoms with van der Waals surface area (Å²) in [6.07, 6.45) is 5.18. The zero-order chi connectivity index (χ0) is 15.7. The van der Waals surface area contributed by atoms with Crippen LogP contribution in [0.15, 0.2) is 24.3 Å². The van der Waals surface area contributed by atoms with Crippen LogP contribution in [0.25, 0.3) is 0 Å². The molecule has 2 aliphatic rings. The zero-order valence-corrected chi connectivity index (χ0v) is 14.2. The Hall–Kier alpha value is -1.10. The van der Waals surface area contributed by atoms with Crippen molar-refractivity contribution in [3.05, 3.63) is 29.8 Å². The third-order valence-electron chi connectivity index (χ3n) is 4.77. The summed E-state index contributed by atoms with van der Waals surface area (Å²) in [5, 5.41) is 0. The Bertz CT molecular complexity index is 437. The summed E-state index contributed by atoms with van der Waals surface area (Å²) in [7, 11) is 0. The Morgan fingerprint density at radius 2 is 1.61 bits per heavy atom. The van der Waals surface area contributed by atoms with Gasteiger partial charge in [0.2, 0.25) is 0 Å². The first-order valence-corrected chi connectivity index (χ1v) is 9.14. The molecule has 3 rings (SSSR count). The fourth-order valence-corrected chi connectivity index (χ4v) is 3.37. The first kappa shape index (κ1) is 16.7. The van der Waals surface area contributed by atoms with E-state index in [1.54, 1.807) is 0 Å². The molecule has 0 atom stereocenters. The molecule has 4 nitrogen and oxygen atoms in total. The molecule has 128 valence electrons. The van der Waals surface area contributed by atoms with Crippen LogP contribution in [0.3, 0.4) is 0 Å². The average Bonchev–Trinajstić information content (AvgIpc) is 2.62. The van der Waals surface area contributed by atoms with Crippen molar-refractivity contribution in [2.24, 2.45) is 0 Å². The summed E-state index contributed by atoms with van der Waals surface area (Å²) in [4.78, 5) is 5.01. The molecule has 23 heavy (non-hydrogen) atoms. The van der Waals surface area contributed by atoms with E-state index in [4.69, 9.17) is 9.47 Å². The second-order valence-electron chi connectivity index (χ2n) is 6.64. The van der Waals surface area contributed by atoms with Gasteiger partial charge in [0.1, 0.15) is 5.75 Å². The third-order valence-corrected chi connectivity index (χ3v) is 4.77. The first-order chi connectivity index (χ1) is 11.4. The van der Waals surface area contributed by atoms with Gasteiger partial charge in [0.05, 0.1) is 19.8 Å². The number of rotatable bonds is 7. The van der Waals surface area contributed by atoms with E-state index in [0.717, 1.165) is 58.2 Å². The van der Waals surface area contributed by atoms with Crippen LogP contribution in [0.2, 0.25) is 0 Å². The van der Waals surface area contributed by atoms with Crippen LogP contribution in [-0.2, 0) is 11.3 Å². The van der Waals surface area contributed by atoms with Crippen molar-refractivity contribution in [2.45, 2.75) is 32.2 Å². The molecule has 2 saturated heterocycles. The van der Waals surface area contributed by atoms with Gasteiger partial charge < -0.3 is 9.47 Å². The van der Waals surface area contributed by atoms with Crippen molar-refractivity contribution in [2.75, 3.05) is 52.5 Å². The molecule has 1 aromatic carbocycles. The molecule has 0 N–H and O–H groups in total. The molecular formula is C19H30N2O2. The van der Waals surface area contributed by atoms with Gasteiger partial charge in [-0.15, -0.1) is 0 Å². The highest BCUT2D eigenvalue weighted by molar-refractivity contribution is 5.27. The molecule has 0 bridgehead atoms. The number of hydrogen-bond donors (Lipinski definition) is 0. The molecule has 0 radical (unpaired) electrons. The molecule has 0 aromatic heterocycles. The van der Waals surface area contributed by atoms with Crippen LogP contribution >= 0.6 is 0 Å². The third kappa shape index (κ3) is 5.79. The lowest BCUT2D eigenvalue weighted by atomic mass is 10.1. The van der Waals surface area contributed by atoms with Gasteiger partial charge >= 0.3 is 0 Å². The number of nitrogens with zero attached hydrogens (tertiary/aromatic N) is 2. The summed E-state index contributed by atoms with van der Waals surface area (Å²) in [5.41, 5.74) is 1.40. The summed E-state index contributed by atoms with van der Waals surface area (Å²) in [6, 6.07) is 8.67. The molecule has 4 heteroatoms. The summed E-state index contributed by atoms with van der Waals surface area (Å²) < 4.78 is 11.2. The van der Waals surface area contributed by atoms with Gasteiger partial charge in [-0.05, 0) is 50.0 Å². The Morgan fingerprint density at radius 1 is 0.870 bits per heavy atom. The maximum absolute atomic E-state index is 5.87. The maximum atomic E-state index is 5.87. The Morgan fingerprint density at radius 3 is 2.35 bits per heavy atom. The number of ether oxygens (including phenoxy) is 2. The minimum Gasteiger partial charge on any atom is -0.494 e. The normalized spacial score (nSPS) is 20.5. The van der Waals surface area contributed by atoms with Gasteiger partial charge in [-0.25, -0.2) is 0 Å². The molecule has 2 heterocycles. The van der Waals surface area contributed by atoms with Gasteiger partial charge in [0, 0.05) is 26.2 Å². The van der Waals surface area contributed by atoms with E-state index in [0.29, 0.717) is 0 Å². The zero-order valence-electron chi connectivity index (χ0n) is 14.2. The van der Waals surface area contributed by atoms with Crippen LogP contribution in [0.5, 0.6) is 5.75 Å². The van der Waals surface area contributed by atoms with Crippen LogP contribution in [-0.4, -0.2) is 62.3 Å². The lowest BCUT2D eigenvalue weighted by molar-refractivity contribution is 0.0358. The van der Waals surface area contributed by atoms with Gasteiger partial charge in [-0.1, -0.05) is 18.6 Å². The van der Waals surface area contributed by atoms with E-state index >= 15 is 0 Å². The molecule has 0 amide bonds. The number of benzene rings is 1. The molecule has 0 unspecified atom stereocenters. The summed E-state index contributed by atoms with van der Waals surface area (Å²) >= 11 is 0. The molecule has 0 spiro atoms. The van der Waals surface area contributed by atoms with Crippen molar-refractivity contribution in [1.82, 2.24) is 9.80 Å². The Kier molecular flexibility index (Phi) is 6.74. The molecule has 1 aromatic rings. The van der Waals surface area contributed by atoms with Gasteiger partial charge in [0.25, 0.3) is 0 Å². The van der Waals surface area contributed by atoms with Crippen molar-refractivity contribution >= 4 is 0 Å². The van der Waals surface area contributed by atoms with E-state index in [1.807, 2.05) is 0 Å². The van der Waals surface area contributed by atoms with Crippen LogP contribution < -0.4 is 4.74 Å². The number of hydrogen-bond acceptors (Lipinski definition) is 4. The van der Waals surface area contributed by atoms with Crippen molar-refractivity contribution in [3.63, 3.8) is 0 Å².